The van der Waals surface area contributed by atoms with E-state index in [2.05, 4.69) is 12.2 Å². The van der Waals surface area contributed by atoms with Crippen LogP contribution < -0.4 is 5.32 Å². The molecule has 0 radical (unpaired) electrons. The first-order valence-electron chi connectivity index (χ1n) is 6.89. The van der Waals surface area contributed by atoms with Gasteiger partial charge in [-0.1, -0.05) is 25.1 Å². The van der Waals surface area contributed by atoms with Crippen molar-refractivity contribution in [2.24, 2.45) is 5.92 Å². The van der Waals surface area contributed by atoms with Crippen molar-refractivity contribution in [1.29, 1.82) is 0 Å². The largest absolute Gasteiger partial charge is 0.313 e. The molecule has 1 aliphatic carbocycles. The van der Waals surface area contributed by atoms with Crippen LogP contribution in [0.1, 0.15) is 31.7 Å². The third-order valence-electron chi connectivity index (χ3n) is 3.52. The van der Waals surface area contributed by atoms with Gasteiger partial charge in [-0.3, -0.25) is 4.21 Å². The van der Waals surface area contributed by atoms with E-state index in [1.54, 1.807) is 0 Å². The number of nitrogens with one attached hydrogen (secondary N) is 1. The number of hydrogen-bond acceptors (Lipinski definition) is 2. The lowest BCUT2D eigenvalue weighted by molar-refractivity contribution is 0.498. The van der Waals surface area contributed by atoms with Crippen molar-refractivity contribution < 1.29 is 4.21 Å². The highest BCUT2D eigenvalue weighted by Crippen LogP contribution is 2.33. The Balaban J connectivity index is 1.98. The average molecular weight is 265 g/mol. The minimum atomic E-state index is -0.872. The molecular weight excluding hydrogens is 242 g/mol. The van der Waals surface area contributed by atoms with Crippen LogP contribution in [-0.4, -0.2) is 22.5 Å². The Kier molecular flexibility index (Phi) is 4.95. The predicted molar refractivity (Wildman–Crippen MR) is 77.3 cm³/mol. The van der Waals surface area contributed by atoms with Crippen LogP contribution in [-0.2, 0) is 10.8 Å². The molecule has 1 fully saturated rings. The van der Waals surface area contributed by atoms with Crippen molar-refractivity contribution in [2.75, 3.05) is 12.3 Å². The molecule has 100 valence electrons. The van der Waals surface area contributed by atoms with E-state index >= 15 is 0 Å². The van der Waals surface area contributed by atoms with Crippen LogP contribution in [0, 0.1) is 12.8 Å². The Hall–Kier alpha value is -0.670. The first-order chi connectivity index (χ1) is 8.72. The van der Waals surface area contributed by atoms with Crippen molar-refractivity contribution in [1.82, 2.24) is 5.32 Å². The second kappa shape index (κ2) is 6.48. The van der Waals surface area contributed by atoms with Gasteiger partial charge in [0.15, 0.2) is 0 Å². The fourth-order valence-electron chi connectivity index (χ4n) is 2.25. The molecular formula is C15H23NOS. The van der Waals surface area contributed by atoms with Gasteiger partial charge >= 0.3 is 0 Å². The smallest absolute Gasteiger partial charge is 0.0548 e. The van der Waals surface area contributed by atoms with Gasteiger partial charge in [0.1, 0.15) is 0 Å². The lowest BCUT2D eigenvalue weighted by Crippen LogP contribution is -2.36. The van der Waals surface area contributed by atoms with Crippen LogP contribution in [0.3, 0.4) is 0 Å². The third kappa shape index (κ3) is 3.66. The van der Waals surface area contributed by atoms with Gasteiger partial charge in [-0.05, 0) is 50.3 Å². The zero-order valence-electron chi connectivity index (χ0n) is 11.3. The molecule has 1 aromatic carbocycles. The van der Waals surface area contributed by atoms with E-state index in [4.69, 9.17) is 0 Å². The molecule has 0 bridgehead atoms. The Morgan fingerprint density at radius 2 is 2.11 bits per heavy atom. The zero-order chi connectivity index (χ0) is 13.0. The van der Waals surface area contributed by atoms with Crippen molar-refractivity contribution in [3.63, 3.8) is 0 Å². The summed E-state index contributed by atoms with van der Waals surface area (Å²) in [6.07, 6.45) is 3.74. The summed E-state index contributed by atoms with van der Waals surface area (Å²) in [7, 11) is -0.872. The Morgan fingerprint density at radius 1 is 1.39 bits per heavy atom. The van der Waals surface area contributed by atoms with E-state index < -0.39 is 10.8 Å². The molecule has 2 nitrogen and oxygen atoms in total. The molecule has 0 heterocycles. The molecule has 1 aromatic rings. The van der Waals surface area contributed by atoms with Gasteiger partial charge < -0.3 is 5.32 Å². The first-order valence-corrected chi connectivity index (χ1v) is 8.21. The summed E-state index contributed by atoms with van der Waals surface area (Å²) < 4.78 is 12.4. The molecule has 3 heteroatoms. The summed E-state index contributed by atoms with van der Waals surface area (Å²) in [5, 5.41) is 3.56. The molecule has 1 aliphatic rings. The van der Waals surface area contributed by atoms with Crippen molar-refractivity contribution in [3.8, 4) is 0 Å². The van der Waals surface area contributed by atoms with Gasteiger partial charge in [-0.25, -0.2) is 0 Å². The van der Waals surface area contributed by atoms with Gasteiger partial charge in [0.05, 0.1) is 10.8 Å². The summed E-state index contributed by atoms with van der Waals surface area (Å²) in [5.41, 5.74) is 1.14. The van der Waals surface area contributed by atoms with Gasteiger partial charge in [0.25, 0.3) is 0 Å². The lowest BCUT2D eigenvalue weighted by atomic mass is 10.2. The van der Waals surface area contributed by atoms with Crippen molar-refractivity contribution in [3.05, 3.63) is 29.8 Å². The molecule has 0 aromatic heterocycles. The Bertz CT molecular complexity index is 415. The number of hydrogen-bond donors (Lipinski definition) is 1. The first kappa shape index (κ1) is 13.8. The van der Waals surface area contributed by atoms with Crippen LogP contribution in [0.4, 0.5) is 0 Å². The molecule has 2 atom stereocenters. The summed E-state index contributed by atoms with van der Waals surface area (Å²) in [6, 6.07) is 8.45. The van der Waals surface area contributed by atoms with E-state index in [0.717, 1.165) is 35.1 Å². The minimum absolute atomic E-state index is 0.436. The van der Waals surface area contributed by atoms with Crippen molar-refractivity contribution >= 4 is 10.8 Å². The molecule has 0 spiro atoms. The van der Waals surface area contributed by atoms with E-state index in [1.165, 1.54) is 12.8 Å². The predicted octanol–water partition coefficient (Wildman–Crippen LogP) is 2.88. The fraction of sp³-hybridized carbons (Fsp3) is 0.600. The standard InChI is InChI=1S/C15H23NOS/c1-3-10-16-14(13-8-9-13)11-18(17)15-7-5-4-6-12(15)2/h4-7,13-14,16H,3,8-11H2,1-2H3. The molecule has 1 saturated carbocycles. The average Bonchev–Trinajstić information content (AvgIpc) is 3.19. The Labute approximate surface area is 113 Å². The molecule has 1 N–H and O–H groups in total. The molecule has 2 unspecified atom stereocenters. The number of rotatable bonds is 7. The number of aryl methyl sites for hydroxylation is 1. The molecule has 0 aliphatic heterocycles. The van der Waals surface area contributed by atoms with Gasteiger partial charge in [-0.2, -0.15) is 0 Å². The second-order valence-corrected chi connectivity index (χ2v) is 6.64. The third-order valence-corrected chi connectivity index (χ3v) is 5.13. The van der Waals surface area contributed by atoms with Gasteiger partial charge in [0, 0.05) is 16.7 Å². The topological polar surface area (TPSA) is 29.1 Å². The quantitative estimate of drug-likeness (QED) is 0.821. The monoisotopic (exact) mass is 265 g/mol. The lowest BCUT2D eigenvalue weighted by Gasteiger charge is -2.18. The SMILES string of the molecule is CCCNC(CS(=O)c1ccccc1C)C1CC1. The molecule has 0 amide bonds. The van der Waals surface area contributed by atoms with E-state index in [0.29, 0.717) is 6.04 Å². The Morgan fingerprint density at radius 3 is 2.72 bits per heavy atom. The summed E-state index contributed by atoms with van der Waals surface area (Å²) in [6.45, 7) is 5.25. The summed E-state index contributed by atoms with van der Waals surface area (Å²) in [5.74, 6) is 1.51. The summed E-state index contributed by atoms with van der Waals surface area (Å²) >= 11 is 0. The summed E-state index contributed by atoms with van der Waals surface area (Å²) in [4.78, 5) is 1.00. The van der Waals surface area contributed by atoms with Crippen LogP contribution in [0.5, 0.6) is 0 Å². The highest BCUT2D eigenvalue weighted by Gasteiger charge is 2.32. The number of benzene rings is 1. The van der Waals surface area contributed by atoms with Crippen LogP contribution in [0.25, 0.3) is 0 Å². The molecule has 18 heavy (non-hydrogen) atoms. The zero-order valence-corrected chi connectivity index (χ0v) is 12.1. The normalized spacial score (nSPS) is 18.6. The van der Waals surface area contributed by atoms with E-state index in [-0.39, 0.29) is 0 Å². The highest BCUT2D eigenvalue weighted by molar-refractivity contribution is 7.85. The van der Waals surface area contributed by atoms with Gasteiger partial charge in [-0.15, -0.1) is 0 Å². The second-order valence-electron chi connectivity index (χ2n) is 5.18. The van der Waals surface area contributed by atoms with E-state index in [1.807, 2.05) is 31.2 Å². The van der Waals surface area contributed by atoms with Crippen LogP contribution in [0.15, 0.2) is 29.2 Å². The van der Waals surface area contributed by atoms with Gasteiger partial charge in [0.2, 0.25) is 0 Å². The maximum atomic E-state index is 12.4. The molecule has 0 saturated heterocycles. The maximum Gasteiger partial charge on any atom is 0.0548 e. The van der Waals surface area contributed by atoms with Crippen LogP contribution in [0.2, 0.25) is 0 Å². The van der Waals surface area contributed by atoms with Crippen LogP contribution >= 0.6 is 0 Å². The molecule has 2 rings (SSSR count). The maximum absolute atomic E-state index is 12.4. The highest BCUT2D eigenvalue weighted by atomic mass is 32.2. The minimum Gasteiger partial charge on any atom is -0.313 e. The van der Waals surface area contributed by atoms with Crippen molar-refractivity contribution in [2.45, 2.75) is 44.0 Å². The van der Waals surface area contributed by atoms with E-state index in [9.17, 15) is 4.21 Å². The fourth-order valence-corrected chi connectivity index (χ4v) is 3.81.